The number of methoxy groups -OCH3 is 1. The van der Waals surface area contributed by atoms with Crippen LogP contribution in [0.1, 0.15) is 5.82 Å². The molecule has 0 spiro atoms. The van der Waals surface area contributed by atoms with Crippen molar-refractivity contribution in [1.82, 2.24) is 9.97 Å². The minimum Gasteiger partial charge on any atom is -0.395 e. The Labute approximate surface area is 89.7 Å². The van der Waals surface area contributed by atoms with E-state index in [0.717, 1.165) is 11.6 Å². The number of nitrogens with zero attached hydrogens (tertiary/aromatic N) is 3. The number of aryl methyl sites for hydroxylation is 1. The molecule has 0 aromatic carbocycles. The molecule has 1 aromatic rings. The fraction of sp³-hybridized carbons (Fsp3) is 0.600. The van der Waals surface area contributed by atoms with E-state index in [-0.39, 0.29) is 6.61 Å². The van der Waals surface area contributed by atoms with Gasteiger partial charge in [0.25, 0.3) is 0 Å². The Morgan fingerprint density at radius 1 is 1.47 bits per heavy atom. The molecule has 1 heterocycles. The first-order valence-electron chi connectivity index (χ1n) is 4.92. The van der Waals surface area contributed by atoms with Gasteiger partial charge in [0.05, 0.1) is 13.2 Å². The van der Waals surface area contributed by atoms with E-state index in [1.807, 2.05) is 17.9 Å². The molecule has 0 aliphatic rings. The summed E-state index contributed by atoms with van der Waals surface area (Å²) >= 11 is 0. The van der Waals surface area contributed by atoms with Gasteiger partial charge in [-0.05, 0) is 13.0 Å². The second-order valence-corrected chi connectivity index (χ2v) is 3.17. The van der Waals surface area contributed by atoms with Crippen LogP contribution >= 0.6 is 0 Å². The van der Waals surface area contributed by atoms with Crippen molar-refractivity contribution in [2.75, 3.05) is 38.3 Å². The molecular formula is C10H17N3O2. The highest BCUT2D eigenvalue weighted by atomic mass is 16.5. The Bertz CT molecular complexity index is 294. The van der Waals surface area contributed by atoms with Crippen LogP contribution in [0.3, 0.4) is 0 Å². The first-order valence-corrected chi connectivity index (χ1v) is 4.92. The topological polar surface area (TPSA) is 58.5 Å². The maximum atomic E-state index is 8.94. The lowest BCUT2D eigenvalue weighted by Crippen LogP contribution is -2.31. The summed E-state index contributed by atoms with van der Waals surface area (Å²) in [5.41, 5.74) is 0. The molecule has 0 aliphatic heterocycles. The quantitative estimate of drug-likeness (QED) is 0.730. The summed E-state index contributed by atoms with van der Waals surface area (Å²) in [7, 11) is 1.66. The molecule has 0 saturated heterocycles. The molecule has 0 bridgehead atoms. The van der Waals surface area contributed by atoms with Gasteiger partial charge in [0.15, 0.2) is 0 Å². The third kappa shape index (κ3) is 3.81. The Kier molecular flexibility index (Phi) is 5.00. The molecule has 5 heteroatoms. The van der Waals surface area contributed by atoms with Crippen LogP contribution in [0, 0.1) is 6.92 Å². The first-order chi connectivity index (χ1) is 7.27. The van der Waals surface area contributed by atoms with E-state index in [1.165, 1.54) is 0 Å². The maximum Gasteiger partial charge on any atom is 0.132 e. The molecule has 5 nitrogen and oxygen atoms in total. The van der Waals surface area contributed by atoms with Crippen LogP contribution in [-0.2, 0) is 4.74 Å². The number of aliphatic hydroxyl groups is 1. The van der Waals surface area contributed by atoms with Crippen molar-refractivity contribution in [1.29, 1.82) is 0 Å². The number of hydrogen-bond acceptors (Lipinski definition) is 5. The van der Waals surface area contributed by atoms with Crippen LogP contribution in [-0.4, -0.2) is 48.5 Å². The monoisotopic (exact) mass is 211 g/mol. The lowest BCUT2D eigenvalue weighted by atomic mass is 10.4. The minimum atomic E-state index is 0.104. The highest BCUT2D eigenvalue weighted by Gasteiger charge is 2.06. The highest BCUT2D eigenvalue weighted by molar-refractivity contribution is 5.37. The second kappa shape index (κ2) is 6.31. The predicted octanol–water partition coefficient (Wildman–Crippen LogP) is 0.230. The molecule has 1 N–H and O–H groups in total. The number of anilines is 1. The smallest absolute Gasteiger partial charge is 0.132 e. The molecule has 84 valence electrons. The molecule has 0 radical (unpaired) electrons. The molecule has 1 rings (SSSR count). The summed E-state index contributed by atoms with van der Waals surface area (Å²) in [4.78, 5) is 10.3. The van der Waals surface area contributed by atoms with Gasteiger partial charge in [-0.3, -0.25) is 0 Å². The zero-order valence-corrected chi connectivity index (χ0v) is 9.18. The van der Waals surface area contributed by atoms with E-state index in [9.17, 15) is 0 Å². The van der Waals surface area contributed by atoms with Crippen LogP contribution in [0.15, 0.2) is 12.3 Å². The van der Waals surface area contributed by atoms with Gasteiger partial charge in [-0.2, -0.15) is 0 Å². The predicted molar refractivity (Wildman–Crippen MR) is 57.9 cm³/mol. The van der Waals surface area contributed by atoms with Gasteiger partial charge in [0, 0.05) is 26.4 Å². The van der Waals surface area contributed by atoms with Gasteiger partial charge in [-0.1, -0.05) is 0 Å². The van der Waals surface area contributed by atoms with Gasteiger partial charge in [0.2, 0.25) is 0 Å². The summed E-state index contributed by atoms with van der Waals surface area (Å²) in [6.45, 7) is 3.83. The van der Waals surface area contributed by atoms with E-state index < -0.39 is 0 Å². The van der Waals surface area contributed by atoms with Crippen LogP contribution in [0.2, 0.25) is 0 Å². The van der Waals surface area contributed by atoms with Crippen molar-refractivity contribution in [2.24, 2.45) is 0 Å². The Balaban J connectivity index is 2.69. The molecule has 0 aliphatic carbocycles. The molecule has 0 saturated carbocycles. The zero-order chi connectivity index (χ0) is 11.1. The van der Waals surface area contributed by atoms with Crippen LogP contribution in [0.25, 0.3) is 0 Å². The van der Waals surface area contributed by atoms with Crippen molar-refractivity contribution >= 4 is 5.82 Å². The Morgan fingerprint density at radius 3 is 2.87 bits per heavy atom. The summed E-state index contributed by atoms with van der Waals surface area (Å²) in [5.74, 6) is 1.56. The van der Waals surface area contributed by atoms with Crippen LogP contribution < -0.4 is 4.90 Å². The van der Waals surface area contributed by atoms with Crippen LogP contribution in [0.4, 0.5) is 5.82 Å². The SMILES string of the molecule is COCCN(CCO)c1ccnc(C)n1. The lowest BCUT2D eigenvalue weighted by molar-refractivity contribution is 0.202. The van der Waals surface area contributed by atoms with Crippen molar-refractivity contribution in [2.45, 2.75) is 6.92 Å². The fourth-order valence-electron chi connectivity index (χ4n) is 1.28. The zero-order valence-electron chi connectivity index (χ0n) is 9.18. The van der Waals surface area contributed by atoms with Crippen LogP contribution in [0.5, 0.6) is 0 Å². The van der Waals surface area contributed by atoms with E-state index >= 15 is 0 Å². The molecule has 0 amide bonds. The van der Waals surface area contributed by atoms with E-state index in [1.54, 1.807) is 13.3 Å². The molecule has 0 fully saturated rings. The first kappa shape index (κ1) is 11.9. The fourth-order valence-corrected chi connectivity index (χ4v) is 1.28. The van der Waals surface area contributed by atoms with E-state index in [0.29, 0.717) is 19.7 Å². The molecule has 1 aromatic heterocycles. The van der Waals surface area contributed by atoms with Gasteiger partial charge in [0.1, 0.15) is 11.6 Å². The minimum absolute atomic E-state index is 0.104. The molecule has 0 atom stereocenters. The summed E-state index contributed by atoms with van der Waals surface area (Å²) in [6.07, 6.45) is 1.72. The van der Waals surface area contributed by atoms with Crippen molar-refractivity contribution < 1.29 is 9.84 Å². The highest BCUT2D eigenvalue weighted by Crippen LogP contribution is 2.08. The number of aromatic nitrogens is 2. The second-order valence-electron chi connectivity index (χ2n) is 3.17. The Hall–Kier alpha value is -1.20. The number of rotatable bonds is 6. The molecular weight excluding hydrogens is 194 g/mol. The van der Waals surface area contributed by atoms with Crippen molar-refractivity contribution in [3.63, 3.8) is 0 Å². The average Bonchev–Trinajstić information content (AvgIpc) is 2.24. The van der Waals surface area contributed by atoms with Gasteiger partial charge < -0.3 is 14.7 Å². The standard InChI is InChI=1S/C10H17N3O2/c1-9-11-4-3-10(12-9)13(5-7-14)6-8-15-2/h3-4,14H,5-8H2,1-2H3. The van der Waals surface area contributed by atoms with Gasteiger partial charge >= 0.3 is 0 Å². The van der Waals surface area contributed by atoms with E-state index in [4.69, 9.17) is 9.84 Å². The third-order valence-electron chi connectivity index (χ3n) is 2.02. The normalized spacial score (nSPS) is 10.3. The number of ether oxygens (including phenoxy) is 1. The summed E-state index contributed by atoms with van der Waals surface area (Å²) in [5, 5.41) is 8.94. The summed E-state index contributed by atoms with van der Waals surface area (Å²) < 4.78 is 5.00. The van der Waals surface area contributed by atoms with Gasteiger partial charge in [-0.25, -0.2) is 9.97 Å². The summed E-state index contributed by atoms with van der Waals surface area (Å²) in [6, 6.07) is 1.83. The third-order valence-corrected chi connectivity index (χ3v) is 2.02. The van der Waals surface area contributed by atoms with Crippen molar-refractivity contribution in [3.8, 4) is 0 Å². The van der Waals surface area contributed by atoms with Crippen molar-refractivity contribution in [3.05, 3.63) is 18.1 Å². The molecule has 0 unspecified atom stereocenters. The molecule has 15 heavy (non-hydrogen) atoms. The van der Waals surface area contributed by atoms with E-state index in [2.05, 4.69) is 9.97 Å². The average molecular weight is 211 g/mol. The van der Waals surface area contributed by atoms with Gasteiger partial charge in [-0.15, -0.1) is 0 Å². The lowest BCUT2D eigenvalue weighted by Gasteiger charge is -2.22. The number of hydrogen-bond donors (Lipinski definition) is 1. The largest absolute Gasteiger partial charge is 0.395 e. The maximum absolute atomic E-state index is 8.94. The number of aliphatic hydroxyl groups excluding tert-OH is 1. The Morgan fingerprint density at radius 2 is 2.27 bits per heavy atom.